The Bertz CT molecular complexity index is 732. The Balaban J connectivity index is 1.65. The van der Waals surface area contributed by atoms with Crippen molar-refractivity contribution in [2.75, 3.05) is 11.9 Å². The normalized spacial score (nSPS) is 11.3. The van der Waals surface area contributed by atoms with Crippen molar-refractivity contribution in [2.45, 2.75) is 25.8 Å². The molecule has 0 saturated carbocycles. The fourth-order valence-electron chi connectivity index (χ4n) is 2.29. The second-order valence-corrected chi connectivity index (χ2v) is 5.77. The largest absolute Gasteiger partial charge is 0.456 e. The van der Waals surface area contributed by atoms with Crippen LogP contribution in [0.1, 0.15) is 31.4 Å². The minimum Gasteiger partial charge on any atom is -0.456 e. The lowest BCUT2D eigenvalue weighted by Gasteiger charge is -2.14. The molecule has 1 atom stereocenters. The van der Waals surface area contributed by atoms with Crippen molar-refractivity contribution in [1.29, 1.82) is 0 Å². The molecule has 0 unspecified atom stereocenters. The third-order valence-electron chi connectivity index (χ3n) is 3.66. The number of hydrogen-bond acceptors (Lipinski definition) is 4. The van der Waals surface area contributed by atoms with Crippen LogP contribution in [0.15, 0.2) is 60.7 Å². The number of amides is 2. The molecular weight excluding hydrogens is 332 g/mol. The van der Waals surface area contributed by atoms with Crippen LogP contribution in [0.4, 0.5) is 5.69 Å². The van der Waals surface area contributed by atoms with E-state index in [-0.39, 0.29) is 37.3 Å². The van der Waals surface area contributed by atoms with Crippen LogP contribution in [0.25, 0.3) is 0 Å². The number of anilines is 1. The zero-order valence-corrected chi connectivity index (χ0v) is 14.6. The molecule has 26 heavy (non-hydrogen) atoms. The molecule has 0 aliphatic rings. The van der Waals surface area contributed by atoms with Gasteiger partial charge in [0.1, 0.15) is 0 Å². The van der Waals surface area contributed by atoms with E-state index < -0.39 is 5.97 Å². The Labute approximate surface area is 152 Å². The third kappa shape index (κ3) is 6.76. The summed E-state index contributed by atoms with van der Waals surface area (Å²) in [6, 6.07) is 18.3. The van der Waals surface area contributed by atoms with Crippen molar-refractivity contribution in [3.8, 4) is 0 Å². The van der Waals surface area contributed by atoms with Gasteiger partial charge in [-0.2, -0.15) is 0 Å². The van der Waals surface area contributed by atoms with E-state index in [0.717, 1.165) is 5.56 Å². The van der Waals surface area contributed by atoms with Crippen LogP contribution in [0.3, 0.4) is 0 Å². The molecule has 0 aliphatic carbocycles. The molecule has 2 aromatic rings. The molecule has 2 amide bonds. The molecule has 0 aromatic heterocycles. The van der Waals surface area contributed by atoms with Gasteiger partial charge in [-0.1, -0.05) is 48.5 Å². The van der Waals surface area contributed by atoms with Crippen molar-refractivity contribution >= 4 is 23.5 Å². The van der Waals surface area contributed by atoms with Crippen molar-refractivity contribution in [1.82, 2.24) is 5.32 Å². The van der Waals surface area contributed by atoms with Gasteiger partial charge in [-0.3, -0.25) is 14.4 Å². The molecule has 2 aromatic carbocycles. The number of nitrogens with one attached hydrogen (secondary N) is 2. The first-order chi connectivity index (χ1) is 12.5. The Hall–Kier alpha value is -3.15. The Morgan fingerprint density at radius 3 is 2.15 bits per heavy atom. The van der Waals surface area contributed by atoms with E-state index in [4.69, 9.17) is 4.74 Å². The molecule has 6 heteroatoms. The van der Waals surface area contributed by atoms with Gasteiger partial charge in [0.25, 0.3) is 5.91 Å². The molecule has 0 heterocycles. The van der Waals surface area contributed by atoms with Gasteiger partial charge in [0, 0.05) is 12.1 Å². The van der Waals surface area contributed by atoms with Crippen molar-refractivity contribution in [3.05, 3.63) is 66.2 Å². The van der Waals surface area contributed by atoms with Crippen LogP contribution >= 0.6 is 0 Å². The van der Waals surface area contributed by atoms with Crippen LogP contribution in [-0.2, 0) is 19.1 Å². The maximum atomic E-state index is 11.8. The van der Waals surface area contributed by atoms with Crippen LogP contribution in [0.2, 0.25) is 0 Å². The molecule has 0 aliphatic heterocycles. The fourth-order valence-corrected chi connectivity index (χ4v) is 2.29. The Morgan fingerprint density at radius 1 is 0.885 bits per heavy atom. The summed E-state index contributed by atoms with van der Waals surface area (Å²) in [7, 11) is 0. The summed E-state index contributed by atoms with van der Waals surface area (Å²) in [6.45, 7) is 1.49. The fraction of sp³-hybridized carbons (Fsp3) is 0.250. The minimum absolute atomic E-state index is 0.00420. The smallest absolute Gasteiger partial charge is 0.306 e. The highest BCUT2D eigenvalue weighted by Gasteiger charge is 2.13. The van der Waals surface area contributed by atoms with Gasteiger partial charge < -0.3 is 15.4 Å². The molecule has 136 valence electrons. The number of carbonyl (C=O) groups is 3. The second kappa shape index (κ2) is 9.98. The summed E-state index contributed by atoms with van der Waals surface area (Å²) in [6.07, 6.45) is -0.0874. The summed E-state index contributed by atoms with van der Waals surface area (Å²) < 4.78 is 4.91. The van der Waals surface area contributed by atoms with Gasteiger partial charge in [-0.25, -0.2) is 0 Å². The zero-order chi connectivity index (χ0) is 18.8. The average molecular weight is 354 g/mol. The van der Waals surface area contributed by atoms with Gasteiger partial charge in [0.15, 0.2) is 6.61 Å². The monoisotopic (exact) mass is 354 g/mol. The summed E-state index contributed by atoms with van der Waals surface area (Å²) in [5.41, 5.74) is 1.63. The molecule has 2 N–H and O–H groups in total. The number of carbonyl (C=O) groups excluding carboxylic acids is 3. The molecule has 6 nitrogen and oxygen atoms in total. The van der Waals surface area contributed by atoms with Gasteiger partial charge in [0.05, 0.1) is 12.5 Å². The number of benzene rings is 2. The van der Waals surface area contributed by atoms with Crippen molar-refractivity contribution in [3.63, 3.8) is 0 Å². The topological polar surface area (TPSA) is 84.5 Å². The van der Waals surface area contributed by atoms with Gasteiger partial charge >= 0.3 is 5.97 Å². The molecule has 0 spiro atoms. The van der Waals surface area contributed by atoms with Gasteiger partial charge in [-0.15, -0.1) is 0 Å². The highest BCUT2D eigenvalue weighted by atomic mass is 16.5. The Morgan fingerprint density at radius 2 is 1.50 bits per heavy atom. The van der Waals surface area contributed by atoms with Gasteiger partial charge in [-0.05, 0) is 24.6 Å². The first-order valence-corrected chi connectivity index (χ1v) is 8.39. The van der Waals surface area contributed by atoms with Crippen molar-refractivity contribution < 1.29 is 19.1 Å². The summed E-state index contributed by atoms with van der Waals surface area (Å²) in [4.78, 5) is 35.3. The summed E-state index contributed by atoms with van der Waals surface area (Å²) in [5.74, 6) is -1.26. The second-order valence-electron chi connectivity index (χ2n) is 5.77. The SMILES string of the molecule is C[C@@H](NC(=O)COC(=O)CCC(=O)Nc1ccccc1)c1ccccc1. The maximum absolute atomic E-state index is 11.8. The highest BCUT2D eigenvalue weighted by molar-refractivity contribution is 5.92. The molecular formula is C20H22N2O4. The molecule has 0 radical (unpaired) electrons. The lowest BCUT2D eigenvalue weighted by molar-refractivity contribution is -0.149. The lowest BCUT2D eigenvalue weighted by Crippen LogP contribution is -2.31. The number of esters is 1. The number of rotatable bonds is 8. The first kappa shape index (κ1) is 19.2. The Kier molecular flexibility index (Phi) is 7.36. The van der Waals surface area contributed by atoms with E-state index in [1.807, 2.05) is 43.3 Å². The molecule has 2 rings (SSSR count). The number of ether oxygens (including phenoxy) is 1. The molecule has 0 bridgehead atoms. The number of para-hydroxylation sites is 1. The van der Waals surface area contributed by atoms with E-state index in [1.165, 1.54) is 0 Å². The zero-order valence-electron chi connectivity index (χ0n) is 14.6. The van der Waals surface area contributed by atoms with E-state index in [1.54, 1.807) is 24.3 Å². The predicted molar refractivity (Wildman–Crippen MR) is 98.3 cm³/mol. The lowest BCUT2D eigenvalue weighted by atomic mass is 10.1. The molecule has 0 fully saturated rings. The third-order valence-corrected chi connectivity index (χ3v) is 3.66. The van der Waals surface area contributed by atoms with Crippen LogP contribution in [0, 0.1) is 0 Å². The van der Waals surface area contributed by atoms with E-state index in [2.05, 4.69) is 10.6 Å². The van der Waals surface area contributed by atoms with Crippen LogP contribution < -0.4 is 10.6 Å². The van der Waals surface area contributed by atoms with E-state index in [0.29, 0.717) is 5.69 Å². The maximum Gasteiger partial charge on any atom is 0.306 e. The summed E-state index contributed by atoms with van der Waals surface area (Å²) >= 11 is 0. The predicted octanol–water partition coefficient (Wildman–Crippen LogP) is 2.83. The van der Waals surface area contributed by atoms with Crippen molar-refractivity contribution in [2.24, 2.45) is 0 Å². The van der Waals surface area contributed by atoms with Crippen LogP contribution in [0.5, 0.6) is 0 Å². The first-order valence-electron chi connectivity index (χ1n) is 8.39. The van der Waals surface area contributed by atoms with Crippen LogP contribution in [-0.4, -0.2) is 24.4 Å². The summed E-state index contributed by atoms with van der Waals surface area (Å²) in [5, 5.41) is 5.43. The number of hydrogen-bond donors (Lipinski definition) is 2. The molecule has 0 saturated heterocycles. The average Bonchev–Trinajstić information content (AvgIpc) is 2.66. The highest BCUT2D eigenvalue weighted by Crippen LogP contribution is 2.10. The standard InChI is InChI=1S/C20H22N2O4/c1-15(16-8-4-2-5-9-16)21-19(24)14-26-20(25)13-12-18(23)22-17-10-6-3-7-11-17/h2-11,15H,12-14H2,1H3,(H,21,24)(H,22,23)/t15-/m1/s1. The minimum atomic E-state index is -0.587. The quantitative estimate of drug-likeness (QED) is 0.714. The van der Waals surface area contributed by atoms with E-state index in [9.17, 15) is 14.4 Å². The van der Waals surface area contributed by atoms with E-state index >= 15 is 0 Å². The van der Waals surface area contributed by atoms with Gasteiger partial charge in [0.2, 0.25) is 5.91 Å².